The van der Waals surface area contributed by atoms with Crippen LogP contribution in [-0.2, 0) is 6.54 Å². The summed E-state index contributed by atoms with van der Waals surface area (Å²) in [7, 11) is 0. The minimum absolute atomic E-state index is 0.619. The molecule has 3 heteroatoms. The Balaban J connectivity index is 2.18. The summed E-state index contributed by atoms with van der Waals surface area (Å²) in [6.07, 6.45) is 0. The monoisotopic (exact) mass is 237 g/mol. The summed E-state index contributed by atoms with van der Waals surface area (Å²) < 4.78 is 0. The van der Waals surface area contributed by atoms with Gasteiger partial charge >= 0.3 is 0 Å². The van der Waals surface area contributed by atoms with Gasteiger partial charge in [-0.1, -0.05) is 60.7 Å². The van der Waals surface area contributed by atoms with Crippen molar-refractivity contribution >= 4 is 12.6 Å². The number of nitrogens with one attached hydrogen (secondary N) is 1. The van der Waals surface area contributed by atoms with Gasteiger partial charge in [-0.25, -0.2) is 0 Å². The zero-order valence-electron chi connectivity index (χ0n) is 10.1. The van der Waals surface area contributed by atoms with E-state index in [1.54, 1.807) is 0 Å². The van der Waals surface area contributed by atoms with E-state index in [-0.39, 0.29) is 0 Å². The highest BCUT2D eigenvalue weighted by molar-refractivity contribution is 5.98. The average molecular weight is 237 g/mol. The Bertz CT molecular complexity index is 518. The topological polar surface area (TPSA) is 36.8 Å². The number of hydrogen-bond acceptors (Lipinski definition) is 2. The molecule has 0 aromatic heterocycles. The molecule has 0 unspecified atom stereocenters. The van der Waals surface area contributed by atoms with Crippen molar-refractivity contribution in [2.24, 2.45) is 10.1 Å². The Morgan fingerprint density at radius 2 is 1.56 bits per heavy atom. The van der Waals surface area contributed by atoms with Crippen LogP contribution in [0.5, 0.6) is 0 Å². The van der Waals surface area contributed by atoms with Gasteiger partial charge in [0.25, 0.3) is 0 Å². The minimum Gasteiger partial charge on any atom is -0.262 e. The van der Waals surface area contributed by atoms with Gasteiger partial charge in [-0.3, -0.25) is 10.4 Å². The van der Waals surface area contributed by atoms with E-state index >= 15 is 0 Å². The summed E-state index contributed by atoms with van der Waals surface area (Å²) in [6, 6.07) is 20.0. The van der Waals surface area contributed by atoms with Crippen LogP contribution < -0.4 is 5.43 Å². The first-order chi connectivity index (χ1) is 8.90. The van der Waals surface area contributed by atoms with Crippen LogP contribution in [0.25, 0.3) is 0 Å². The van der Waals surface area contributed by atoms with E-state index in [4.69, 9.17) is 0 Å². The van der Waals surface area contributed by atoms with Gasteiger partial charge in [0.2, 0.25) is 0 Å². The molecule has 0 bridgehead atoms. The fraction of sp³-hybridized carbons (Fsp3) is 0.0667. The molecule has 0 fully saturated rings. The molecule has 2 aromatic carbocycles. The lowest BCUT2D eigenvalue weighted by Crippen LogP contribution is -2.18. The van der Waals surface area contributed by atoms with Gasteiger partial charge in [0.1, 0.15) is 5.84 Å². The summed E-state index contributed by atoms with van der Waals surface area (Å²) in [5.41, 5.74) is 5.00. The van der Waals surface area contributed by atoms with Gasteiger partial charge in [-0.15, -0.1) is 0 Å². The molecule has 2 rings (SSSR count). The van der Waals surface area contributed by atoms with Crippen molar-refractivity contribution in [1.29, 1.82) is 0 Å². The number of aliphatic imine (C=N–C) groups is 1. The molecular weight excluding hydrogens is 222 g/mol. The van der Waals surface area contributed by atoms with E-state index < -0.39 is 0 Å². The van der Waals surface area contributed by atoms with Gasteiger partial charge < -0.3 is 0 Å². The standard InChI is InChI=1S/C15H15N3/c1-16-18-15(14-10-6-3-7-11-14)17-12-13-8-4-2-5-9-13/h2-11H,1,12H2,(H,17,18). The second-order valence-corrected chi connectivity index (χ2v) is 3.79. The van der Waals surface area contributed by atoms with Gasteiger partial charge in [0.05, 0.1) is 6.54 Å². The Kier molecular flexibility index (Phi) is 4.25. The molecule has 0 aliphatic carbocycles. The van der Waals surface area contributed by atoms with Gasteiger partial charge in [-0.05, 0) is 5.56 Å². The van der Waals surface area contributed by atoms with Crippen LogP contribution in [0.15, 0.2) is 70.8 Å². The molecule has 90 valence electrons. The van der Waals surface area contributed by atoms with Crippen LogP contribution in [0.2, 0.25) is 0 Å². The second kappa shape index (κ2) is 6.35. The molecule has 0 amide bonds. The number of amidine groups is 1. The lowest BCUT2D eigenvalue weighted by molar-refractivity contribution is 0.981. The summed E-state index contributed by atoms with van der Waals surface area (Å²) in [6.45, 7) is 4.06. The third-order valence-electron chi connectivity index (χ3n) is 2.49. The Morgan fingerprint density at radius 1 is 0.944 bits per heavy atom. The zero-order chi connectivity index (χ0) is 12.6. The molecule has 1 N–H and O–H groups in total. The van der Waals surface area contributed by atoms with Crippen LogP contribution in [0.4, 0.5) is 0 Å². The third kappa shape index (κ3) is 3.28. The molecule has 0 aliphatic rings. The lowest BCUT2D eigenvalue weighted by atomic mass is 10.2. The molecule has 0 spiro atoms. The van der Waals surface area contributed by atoms with Gasteiger partial charge in [0.15, 0.2) is 0 Å². The molecule has 0 heterocycles. The Hall–Kier alpha value is -2.42. The molecule has 18 heavy (non-hydrogen) atoms. The van der Waals surface area contributed by atoms with E-state index in [1.165, 1.54) is 0 Å². The molecule has 0 radical (unpaired) electrons. The fourth-order valence-corrected chi connectivity index (χ4v) is 1.62. The first-order valence-electron chi connectivity index (χ1n) is 5.75. The van der Waals surface area contributed by atoms with Crippen LogP contribution >= 0.6 is 0 Å². The number of hydrazone groups is 1. The fourth-order valence-electron chi connectivity index (χ4n) is 1.62. The third-order valence-corrected chi connectivity index (χ3v) is 2.49. The second-order valence-electron chi connectivity index (χ2n) is 3.79. The number of hydrogen-bond donors (Lipinski definition) is 1. The van der Waals surface area contributed by atoms with Crippen LogP contribution in [0.3, 0.4) is 0 Å². The normalized spacial score (nSPS) is 11.0. The van der Waals surface area contributed by atoms with E-state index in [2.05, 4.69) is 22.2 Å². The van der Waals surface area contributed by atoms with Crippen LogP contribution in [0.1, 0.15) is 11.1 Å². The minimum atomic E-state index is 0.619. The summed E-state index contributed by atoms with van der Waals surface area (Å²) in [4.78, 5) is 4.53. The van der Waals surface area contributed by atoms with Crippen molar-refractivity contribution in [3.8, 4) is 0 Å². The lowest BCUT2D eigenvalue weighted by Gasteiger charge is -2.05. The Morgan fingerprint density at radius 3 is 2.17 bits per heavy atom. The zero-order valence-corrected chi connectivity index (χ0v) is 10.1. The highest BCUT2D eigenvalue weighted by atomic mass is 15.3. The predicted molar refractivity (Wildman–Crippen MR) is 75.8 cm³/mol. The summed E-state index contributed by atoms with van der Waals surface area (Å²) in [5.74, 6) is 0.731. The van der Waals surface area contributed by atoms with Crippen LogP contribution in [0, 0.1) is 0 Å². The number of nitrogens with zero attached hydrogens (tertiary/aromatic N) is 2. The largest absolute Gasteiger partial charge is 0.262 e. The summed E-state index contributed by atoms with van der Waals surface area (Å²) >= 11 is 0. The van der Waals surface area contributed by atoms with Crippen molar-refractivity contribution in [3.05, 3.63) is 71.8 Å². The van der Waals surface area contributed by atoms with E-state index in [0.717, 1.165) is 17.0 Å². The van der Waals surface area contributed by atoms with Crippen LogP contribution in [-0.4, -0.2) is 12.6 Å². The number of rotatable bonds is 4. The Labute approximate surface area is 107 Å². The maximum Gasteiger partial charge on any atom is 0.149 e. The predicted octanol–water partition coefficient (Wildman–Crippen LogP) is 2.84. The van der Waals surface area contributed by atoms with E-state index in [9.17, 15) is 0 Å². The van der Waals surface area contributed by atoms with E-state index in [1.807, 2.05) is 60.7 Å². The smallest absolute Gasteiger partial charge is 0.149 e. The van der Waals surface area contributed by atoms with Crippen molar-refractivity contribution in [1.82, 2.24) is 5.43 Å². The quantitative estimate of drug-likeness (QED) is 0.495. The highest BCUT2D eigenvalue weighted by Crippen LogP contribution is 2.04. The molecule has 0 atom stereocenters. The average Bonchev–Trinajstić information content (AvgIpc) is 2.45. The molecular formula is C15H15N3. The maximum absolute atomic E-state index is 4.53. The van der Waals surface area contributed by atoms with Crippen molar-refractivity contribution in [3.63, 3.8) is 0 Å². The molecule has 0 aliphatic heterocycles. The number of benzene rings is 2. The molecule has 0 saturated heterocycles. The van der Waals surface area contributed by atoms with Crippen molar-refractivity contribution < 1.29 is 0 Å². The van der Waals surface area contributed by atoms with E-state index in [0.29, 0.717) is 6.54 Å². The van der Waals surface area contributed by atoms with Gasteiger partial charge in [0, 0.05) is 12.3 Å². The van der Waals surface area contributed by atoms with Crippen molar-refractivity contribution in [2.75, 3.05) is 0 Å². The van der Waals surface area contributed by atoms with Gasteiger partial charge in [-0.2, -0.15) is 5.10 Å². The first kappa shape index (κ1) is 12.0. The highest BCUT2D eigenvalue weighted by Gasteiger charge is 2.00. The molecule has 3 nitrogen and oxygen atoms in total. The first-order valence-corrected chi connectivity index (χ1v) is 5.75. The molecule has 0 saturated carbocycles. The molecule has 2 aromatic rings. The summed E-state index contributed by atoms with van der Waals surface area (Å²) in [5, 5.41) is 3.69. The SMILES string of the molecule is C=NNC(=NCc1ccccc1)c1ccccc1. The van der Waals surface area contributed by atoms with Crippen molar-refractivity contribution in [2.45, 2.75) is 6.54 Å². The maximum atomic E-state index is 4.53.